The van der Waals surface area contributed by atoms with Gasteiger partial charge in [0.15, 0.2) is 0 Å². The number of methoxy groups -OCH3 is 1. The smallest absolute Gasteiger partial charge is 0.546 e. The molecule has 0 amide bonds. The Labute approximate surface area is 81.0 Å². The van der Waals surface area contributed by atoms with Crippen molar-refractivity contribution in [1.82, 2.24) is 0 Å². The fourth-order valence-corrected chi connectivity index (χ4v) is 0.309. The van der Waals surface area contributed by atoms with Gasteiger partial charge in [-0.15, -0.1) is 0 Å². The van der Waals surface area contributed by atoms with Crippen molar-refractivity contribution < 1.29 is 47.8 Å². The van der Waals surface area contributed by atoms with Crippen molar-refractivity contribution in [2.45, 2.75) is 0 Å². The van der Waals surface area contributed by atoms with Gasteiger partial charge in [0, 0.05) is 0 Å². The summed E-state index contributed by atoms with van der Waals surface area (Å²) < 4.78 is 12.3. The van der Waals surface area contributed by atoms with E-state index >= 15 is 0 Å². The molecule has 0 rings (SSSR count). The van der Waals surface area contributed by atoms with Crippen LogP contribution in [0.1, 0.15) is 0 Å². The van der Waals surface area contributed by atoms with E-state index in [-0.39, 0.29) is 32.1 Å². The van der Waals surface area contributed by atoms with E-state index in [1.165, 1.54) is 0 Å². The van der Waals surface area contributed by atoms with Crippen LogP contribution in [-0.2, 0) is 14.2 Å². The molecular weight excluding hydrogens is 163 g/mol. The van der Waals surface area contributed by atoms with Gasteiger partial charge in [0.2, 0.25) is 0 Å². The zero-order valence-electron chi connectivity index (χ0n) is 6.86. The summed E-state index contributed by atoms with van der Waals surface area (Å²) in [6, 6.07) is 0. The molecular formula is C5H7LiO6. The van der Waals surface area contributed by atoms with Crippen molar-refractivity contribution in [3.8, 4) is 0 Å². The Kier molecular flexibility index (Phi) is 9.41. The van der Waals surface area contributed by atoms with Crippen LogP contribution >= 0.6 is 0 Å². The van der Waals surface area contributed by atoms with Crippen molar-refractivity contribution in [2.24, 2.45) is 0 Å². The molecule has 0 bridgehead atoms. The molecule has 0 N–H and O–H groups in total. The van der Waals surface area contributed by atoms with Crippen LogP contribution in [0.2, 0.25) is 0 Å². The maximum Gasteiger partial charge on any atom is 1.00 e. The maximum atomic E-state index is 10.2. The van der Waals surface area contributed by atoms with Gasteiger partial charge < -0.3 is 24.1 Å². The number of carbonyl (C=O) groups is 2. The van der Waals surface area contributed by atoms with Gasteiger partial charge in [0.25, 0.3) is 6.16 Å². The number of rotatable bonds is 3. The summed E-state index contributed by atoms with van der Waals surface area (Å²) in [6.45, 7) is -0.432. The Morgan fingerprint density at radius 2 is 1.75 bits per heavy atom. The van der Waals surface area contributed by atoms with Crippen LogP contribution in [0.5, 0.6) is 0 Å². The quantitative estimate of drug-likeness (QED) is 0.245. The normalized spacial score (nSPS) is 7.75. The minimum absolute atomic E-state index is 0. The van der Waals surface area contributed by atoms with E-state index in [4.69, 9.17) is 0 Å². The molecule has 0 aromatic heterocycles. The van der Waals surface area contributed by atoms with E-state index in [1.54, 1.807) is 0 Å². The molecule has 0 aromatic carbocycles. The fraction of sp³-hybridized carbons (Fsp3) is 0.600. The van der Waals surface area contributed by atoms with E-state index < -0.39 is 12.3 Å². The second-order valence-electron chi connectivity index (χ2n) is 1.40. The van der Waals surface area contributed by atoms with Crippen molar-refractivity contribution in [3.05, 3.63) is 0 Å². The van der Waals surface area contributed by atoms with Crippen LogP contribution in [0, 0.1) is 0 Å². The zero-order chi connectivity index (χ0) is 8.69. The molecule has 7 heteroatoms. The predicted molar refractivity (Wildman–Crippen MR) is 29.7 cm³/mol. The van der Waals surface area contributed by atoms with E-state index in [0.29, 0.717) is 0 Å². The van der Waals surface area contributed by atoms with Gasteiger partial charge in [-0.3, -0.25) is 0 Å². The van der Waals surface area contributed by atoms with E-state index in [0.717, 1.165) is 7.11 Å². The molecule has 0 aromatic rings. The summed E-state index contributed by atoms with van der Waals surface area (Å²) in [4.78, 5) is 19.8. The number of carbonyl (C=O) groups excluding carboxylic acids is 2. The molecule has 64 valence electrons. The molecule has 0 heterocycles. The van der Waals surface area contributed by atoms with Gasteiger partial charge in [0.1, 0.15) is 6.61 Å². The van der Waals surface area contributed by atoms with Crippen LogP contribution in [0.15, 0.2) is 0 Å². The number of hydrogen-bond donors (Lipinski definition) is 0. The van der Waals surface area contributed by atoms with Crippen LogP contribution < -0.4 is 24.0 Å². The Bertz CT molecular complexity index is 147. The summed E-state index contributed by atoms with van der Waals surface area (Å²) >= 11 is 0. The first-order valence-electron chi connectivity index (χ1n) is 2.71. The standard InChI is InChI=1S/C5H8O6.Li/c1-9-5(8)11-3-2-10-4(6)7;/h2-3H2,1H3,(H,6,7);/q;+1/p-1. The first kappa shape index (κ1) is 13.7. The number of carboxylic acid groups (broad SMARTS) is 1. The van der Waals surface area contributed by atoms with Gasteiger partial charge in [-0.25, -0.2) is 4.79 Å². The third-order valence-corrected chi connectivity index (χ3v) is 0.690. The first-order valence-corrected chi connectivity index (χ1v) is 2.71. The van der Waals surface area contributed by atoms with Crippen LogP contribution in [-0.4, -0.2) is 32.6 Å². The Morgan fingerprint density at radius 3 is 2.17 bits per heavy atom. The average Bonchev–Trinajstić information content (AvgIpc) is 1.97. The summed E-state index contributed by atoms with van der Waals surface area (Å²) in [6.07, 6.45) is -2.54. The molecule has 0 aliphatic rings. The van der Waals surface area contributed by atoms with Crippen molar-refractivity contribution in [3.63, 3.8) is 0 Å². The molecule has 0 unspecified atom stereocenters. The number of hydrogen-bond acceptors (Lipinski definition) is 6. The van der Waals surface area contributed by atoms with Crippen LogP contribution in [0.25, 0.3) is 0 Å². The van der Waals surface area contributed by atoms with Crippen LogP contribution in [0.4, 0.5) is 9.59 Å². The predicted octanol–water partition coefficient (Wildman–Crippen LogP) is -3.87. The van der Waals surface area contributed by atoms with Crippen molar-refractivity contribution >= 4 is 12.3 Å². The number of ether oxygens (including phenoxy) is 3. The largest absolute Gasteiger partial charge is 1.00 e. The summed E-state index contributed by atoms with van der Waals surface area (Å²) in [5, 5.41) is 9.61. The SMILES string of the molecule is COC(=O)OCCOC(=O)[O-].[Li+]. The second kappa shape index (κ2) is 8.24. The minimum atomic E-state index is -1.65. The summed E-state index contributed by atoms with van der Waals surface area (Å²) in [5.41, 5.74) is 0. The van der Waals surface area contributed by atoms with Crippen molar-refractivity contribution in [2.75, 3.05) is 20.3 Å². The average molecular weight is 170 g/mol. The molecule has 12 heavy (non-hydrogen) atoms. The van der Waals surface area contributed by atoms with E-state index in [2.05, 4.69) is 14.2 Å². The molecule has 0 spiro atoms. The molecule has 0 radical (unpaired) electrons. The third-order valence-electron chi connectivity index (χ3n) is 0.690. The molecule has 6 nitrogen and oxygen atoms in total. The van der Waals surface area contributed by atoms with E-state index in [1.807, 2.05) is 0 Å². The summed E-state index contributed by atoms with van der Waals surface area (Å²) in [7, 11) is 1.14. The maximum absolute atomic E-state index is 10.2. The molecule has 0 saturated heterocycles. The summed E-state index contributed by atoms with van der Waals surface area (Å²) in [5.74, 6) is 0. The Balaban J connectivity index is 0. The third kappa shape index (κ3) is 9.14. The fourth-order valence-electron chi connectivity index (χ4n) is 0.309. The van der Waals surface area contributed by atoms with Gasteiger partial charge in [-0.1, -0.05) is 0 Å². The monoisotopic (exact) mass is 170 g/mol. The van der Waals surface area contributed by atoms with Crippen LogP contribution in [0.3, 0.4) is 0 Å². The molecule has 0 fully saturated rings. The second-order valence-corrected chi connectivity index (χ2v) is 1.40. The van der Waals surface area contributed by atoms with Gasteiger partial charge >= 0.3 is 25.0 Å². The Morgan fingerprint density at radius 1 is 1.25 bits per heavy atom. The molecule has 0 aliphatic heterocycles. The molecule has 0 aliphatic carbocycles. The molecule has 0 atom stereocenters. The minimum Gasteiger partial charge on any atom is -0.546 e. The van der Waals surface area contributed by atoms with E-state index in [9.17, 15) is 14.7 Å². The van der Waals surface area contributed by atoms with Gasteiger partial charge in [-0.2, -0.15) is 0 Å². The first-order chi connectivity index (χ1) is 5.16. The Hall–Kier alpha value is -0.863. The van der Waals surface area contributed by atoms with Gasteiger partial charge in [0.05, 0.1) is 13.7 Å². The van der Waals surface area contributed by atoms with Crippen molar-refractivity contribution in [1.29, 1.82) is 0 Å². The van der Waals surface area contributed by atoms with Gasteiger partial charge in [-0.05, 0) is 0 Å². The zero-order valence-corrected chi connectivity index (χ0v) is 6.86. The molecule has 0 saturated carbocycles. The topological polar surface area (TPSA) is 84.9 Å².